The minimum atomic E-state index is -0.798. The number of nitrogens with one attached hydrogen (secondary N) is 1. The molecule has 0 bridgehead atoms. The summed E-state index contributed by atoms with van der Waals surface area (Å²) in [4.78, 5) is 33.7. The first-order valence-corrected chi connectivity index (χ1v) is 12.3. The van der Waals surface area contributed by atoms with Gasteiger partial charge in [-0.05, 0) is 61.9 Å². The van der Waals surface area contributed by atoms with E-state index in [0.717, 1.165) is 35.2 Å². The van der Waals surface area contributed by atoms with Gasteiger partial charge in [0.25, 0.3) is 11.7 Å². The number of methoxy groups -OCH3 is 1. The van der Waals surface area contributed by atoms with E-state index < -0.39 is 17.7 Å². The van der Waals surface area contributed by atoms with E-state index in [2.05, 4.69) is 23.7 Å². The number of amides is 1. The van der Waals surface area contributed by atoms with Crippen LogP contribution < -0.4 is 14.5 Å². The third-order valence-corrected chi connectivity index (χ3v) is 6.98. The highest BCUT2D eigenvalue weighted by Gasteiger charge is 2.47. The largest absolute Gasteiger partial charge is 0.507 e. The van der Waals surface area contributed by atoms with Gasteiger partial charge in [-0.25, -0.2) is 0 Å². The van der Waals surface area contributed by atoms with Crippen LogP contribution in [0.25, 0.3) is 16.7 Å². The van der Waals surface area contributed by atoms with Gasteiger partial charge in [0.2, 0.25) is 0 Å². The van der Waals surface area contributed by atoms with Crippen molar-refractivity contribution < 1.29 is 19.4 Å². The number of aliphatic hydroxyl groups is 1. The van der Waals surface area contributed by atoms with Crippen LogP contribution in [0.5, 0.6) is 5.75 Å². The SMILES string of the molecule is CCN(CC)c1ccc(C2/C(=C(/O)c3c[nH]c4ccccc34)C(=O)C(=O)N2c2ccc(OC)cc2)cc1. The van der Waals surface area contributed by atoms with Crippen molar-refractivity contribution in [3.8, 4) is 5.75 Å². The number of ether oxygens (including phenoxy) is 1. The monoisotopic (exact) mass is 495 g/mol. The molecule has 37 heavy (non-hydrogen) atoms. The number of benzene rings is 3. The fourth-order valence-corrected chi connectivity index (χ4v) is 5.03. The summed E-state index contributed by atoms with van der Waals surface area (Å²) in [6.45, 7) is 5.91. The van der Waals surface area contributed by atoms with Crippen LogP contribution in [0.15, 0.2) is 84.6 Å². The summed E-state index contributed by atoms with van der Waals surface area (Å²) in [7, 11) is 1.57. The Labute approximate surface area is 215 Å². The summed E-state index contributed by atoms with van der Waals surface area (Å²) in [6, 6.07) is 21.5. The quantitative estimate of drug-likeness (QED) is 0.197. The van der Waals surface area contributed by atoms with Crippen LogP contribution in [0, 0.1) is 0 Å². The number of aromatic amines is 1. The number of carbonyl (C=O) groups is 2. The van der Waals surface area contributed by atoms with Crippen LogP contribution in [0.3, 0.4) is 0 Å². The third-order valence-electron chi connectivity index (χ3n) is 6.98. The van der Waals surface area contributed by atoms with Gasteiger partial charge >= 0.3 is 0 Å². The second-order valence-corrected chi connectivity index (χ2v) is 8.88. The zero-order valence-corrected chi connectivity index (χ0v) is 21.1. The summed E-state index contributed by atoms with van der Waals surface area (Å²) in [5.74, 6) is -0.982. The average molecular weight is 496 g/mol. The molecule has 5 rings (SSSR count). The Morgan fingerprint density at radius 1 is 0.973 bits per heavy atom. The highest BCUT2D eigenvalue weighted by molar-refractivity contribution is 6.51. The van der Waals surface area contributed by atoms with Crippen molar-refractivity contribution in [2.45, 2.75) is 19.9 Å². The number of H-pyrrole nitrogens is 1. The first-order chi connectivity index (χ1) is 18.0. The number of carbonyl (C=O) groups excluding carboxylic acids is 2. The molecule has 2 N–H and O–H groups in total. The number of nitrogens with zero attached hydrogens (tertiary/aromatic N) is 2. The van der Waals surface area contributed by atoms with Crippen LogP contribution in [0.1, 0.15) is 31.0 Å². The molecule has 1 unspecified atom stereocenters. The maximum Gasteiger partial charge on any atom is 0.300 e. The molecule has 7 nitrogen and oxygen atoms in total. The Bertz CT molecular complexity index is 1480. The van der Waals surface area contributed by atoms with Gasteiger partial charge in [0.05, 0.1) is 18.7 Å². The van der Waals surface area contributed by atoms with Gasteiger partial charge in [-0.2, -0.15) is 0 Å². The van der Waals surface area contributed by atoms with Crippen LogP contribution >= 0.6 is 0 Å². The third kappa shape index (κ3) is 4.12. The number of hydrogen-bond acceptors (Lipinski definition) is 5. The van der Waals surface area contributed by atoms with Crippen LogP contribution in [-0.2, 0) is 9.59 Å². The molecule has 1 fully saturated rings. The van der Waals surface area contributed by atoms with Crippen LogP contribution in [-0.4, -0.2) is 42.0 Å². The van der Waals surface area contributed by atoms with Crippen molar-refractivity contribution in [2.24, 2.45) is 0 Å². The molecular formula is C30H29N3O4. The second kappa shape index (κ2) is 9.85. The lowest BCUT2D eigenvalue weighted by Gasteiger charge is -2.27. The second-order valence-electron chi connectivity index (χ2n) is 8.88. The Balaban J connectivity index is 1.69. The summed E-state index contributed by atoms with van der Waals surface area (Å²) in [5, 5.41) is 12.3. The molecule has 1 aliphatic rings. The molecule has 1 amide bonds. The van der Waals surface area contributed by atoms with E-state index in [1.54, 1.807) is 37.6 Å². The number of ketones is 1. The van der Waals surface area contributed by atoms with Gasteiger partial charge < -0.3 is 19.7 Å². The molecule has 2 heterocycles. The summed E-state index contributed by atoms with van der Waals surface area (Å²) in [6.07, 6.45) is 1.67. The van der Waals surface area contributed by atoms with E-state index in [1.807, 2.05) is 48.5 Å². The first kappa shape index (κ1) is 24.2. The molecular weight excluding hydrogens is 466 g/mol. The lowest BCUT2D eigenvalue weighted by atomic mass is 9.94. The van der Waals surface area contributed by atoms with E-state index in [4.69, 9.17) is 4.74 Å². The van der Waals surface area contributed by atoms with Gasteiger partial charge in [-0.3, -0.25) is 14.5 Å². The van der Waals surface area contributed by atoms with E-state index in [9.17, 15) is 14.7 Å². The molecule has 0 saturated carbocycles. The molecule has 0 aliphatic carbocycles. The smallest absolute Gasteiger partial charge is 0.300 e. The average Bonchev–Trinajstić information content (AvgIpc) is 3.48. The zero-order chi connectivity index (χ0) is 26.1. The fourth-order valence-electron chi connectivity index (χ4n) is 5.03. The number of aliphatic hydroxyl groups excluding tert-OH is 1. The molecule has 188 valence electrons. The molecule has 1 aliphatic heterocycles. The summed E-state index contributed by atoms with van der Waals surface area (Å²) >= 11 is 0. The Morgan fingerprint density at radius 2 is 1.65 bits per heavy atom. The number of Topliss-reactive ketones (excluding diaryl/α,β-unsaturated/α-hetero) is 1. The maximum absolute atomic E-state index is 13.5. The standard InChI is InChI=1S/C30H29N3O4/c1-4-32(5-2)20-12-10-19(11-13-20)27-26(28(34)24-18-31-25-9-7-6-8-23(24)25)29(35)30(36)33(27)21-14-16-22(37-3)17-15-21/h6-18,27,31,34H,4-5H2,1-3H3/b28-26-. The predicted octanol–water partition coefficient (Wildman–Crippen LogP) is 5.65. The van der Waals surface area contributed by atoms with Gasteiger partial charge in [-0.15, -0.1) is 0 Å². The minimum absolute atomic E-state index is 0.0566. The molecule has 1 atom stereocenters. The number of fused-ring (bicyclic) bond motifs is 1. The number of anilines is 2. The summed E-state index contributed by atoms with van der Waals surface area (Å²) in [5.41, 5.74) is 3.68. The zero-order valence-electron chi connectivity index (χ0n) is 21.1. The Morgan fingerprint density at radius 3 is 2.30 bits per heavy atom. The highest BCUT2D eigenvalue weighted by atomic mass is 16.5. The summed E-state index contributed by atoms with van der Waals surface area (Å²) < 4.78 is 5.27. The van der Waals surface area contributed by atoms with Gasteiger partial charge in [0.1, 0.15) is 11.5 Å². The normalized spacial score (nSPS) is 16.9. The van der Waals surface area contributed by atoms with Crippen molar-refractivity contribution in [1.29, 1.82) is 0 Å². The molecule has 0 radical (unpaired) electrons. The lowest BCUT2D eigenvalue weighted by Crippen LogP contribution is -2.29. The molecule has 3 aromatic carbocycles. The van der Waals surface area contributed by atoms with E-state index in [1.165, 1.54) is 4.90 Å². The number of rotatable bonds is 7. The topological polar surface area (TPSA) is 85.9 Å². The Kier molecular flexibility index (Phi) is 6.44. The molecule has 1 saturated heterocycles. The molecule has 0 spiro atoms. The van der Waals surface area contributed by atoms with Crippen molar-refractivity contribution >= 4 is 39.7 Å². The molecule has 4 aromatic rings. The lowest BCUT2D eigenvalue weighted by molar-refractivity contribution is -0.132. The van der Waals surface area contributed by atoms with E-state index in [-0.39, 0.29) is 11.3 Å². The highest BCUT2D eigenvalue weighted by Crippen LogP contribution is 2.43. The first-order valence-electron chi connectivity index (χ1n) is 12.3. The fraction of sp³-hybridized carbons (Fsp3) is 0.200. The molecule has 7 heteroatoms. The van der Waals surface area contributed by atoms with Crippen LogP contribution in [0.2, 0.25) is 0 Å². The predicted molar refractivity (Wildman–Crippen MR) is 146 cm³/mol. The number of hydrogen-bond donors (Lipinski definition) is 2. The van der Waals surface area contributed by atoms with Gasteiger partial charge in [0, 0.05) is 47.1 Å². The van der Waals surface area contributed by atoms with Gasteiger partial charge in [0.15, 0.2) is 0 Å². The van der Waals surface area contributed by atoms with Gasteiger partial charge in [-0.1, -0.05) is 30.3 Å². The van der Waals surface area contributed by atoms with E-state index >= 15 is 0 Å². The van der Waals surface area contributed by atoms with Crippen molar-refractivity contribution in [2.75, 3.05) is 30.0 Å². The number of para-hydroxylation sites is 1. The van der Waals surface area contributed by atoms with Crippen LogP contribution in [0.4, 0.5) is 11.4 Å². The Hall–Kier alpha value is -4.52. The van der Waals surface area contributed by atoms with Crippen molar-refractivity contribution in [3.63, 3.8) is 0 Å². The maximum atomic E-state index is 13.5. The van der Waals surface area contributed by atoms with Crippen molar-refractivity contribution in [1.82, 2.24) is 4.98 Å². The van der Waals surface area contributed by atoms with E-state index in [0.29, 0.717) is 17.0 Å². The molecule has 1 aromatic heterocycles. The minimum Gasteiger partial charge on any atom is -0.507 e. The number of aromatic nitrogens is 1. The van der Waals surface area contributed by atoms with Crippen molar-refractivity contribution in [3.05, 3.63) is 95.7 Å².